The zero-order valence-corrected chi connectivity index (χ0v) is 9.02. The minimum atomic E-state index is 0.199. The monoisotopic (exact) mass is 204 g/mol. The standard InChI is InChI=1S/C12H16N2O/c1-14-7-4-10(5-8-14)12(15)11-3-2-6-13-9-11/h2-3,6,9-10H,4-5,7-8H2,1H3. The molecule has 2 rings (SSSR count). The molecule has 15 heavy (non-hydrogen) atoms. The highest BCUT2D eigenvalue weighted by Gasteiger charge is 2.24. The van der Waals surface area contributed by atoms with Gasteiger partial charge in [0.05, 0.1) is 0 Å². The lowest BCUT2D eigenvalue weighted by Gasteiger charge is -2.27. The van der Waals surface area contributed by atoms with Crippen LogP contribution in [0.1, 0.15) is 23.2 Å². The molecular formula is C12H16N2O. The van der Waals surface area contributed by atoms with Crippen molar-refractivity contribution < 1.29 is 4.79 Å². The van der Waals surface area contributed by atoms with Gasteiger partial charge in [0, 0.05) is 23.9 Å². The topological polar surface area (TPSA) is 33.2 Å². The van der Waals surface area contributed by atoms with Gasteiger partial charge in [-0.3, -0.25) is 9.78 Å². The molecule has 3 nitrogen and oxygen atoms in total. The van der Waals surface area contributed by atoms with E-state index in [9.17, 15) is 4.79 Å². The lowest BCUT2D eigenvalue weighted by atomic mass is 9.90. The first kappa shape index (κ1) is 10.3. The van der Waals surface area contributed by atoms with Crippen molar-refractivity contribution >= 4 is 5.78 Å². The normalized spacial score (nSPS) is 19.0. The lowest BCUT2D eigenvalue weighted by molar-refractivity contribution is 0.0856. The largest absolute Gasteiger partial charge is 0.306 e. The minimum absolute atomic E-state index is 0.199. The molecule has 0 radical (unpaired) electrons. The van der Waals surface area contributed by atoms with E-state index in [1.54, 1.807) is 12.4 Å². The van der Waals surface area contributed by atoms with Gasteiger partial charge in [0.2, 0.25) is 0 Å². The summed E-state index contributed by atoms with van der Waals surface area (Å²) in [5.74, 6) is 0.460. The molecule has 80 valence electrons. The molecular weight excluding hydrogens is 188 g/mol. The second-order valence-corrected chi connectivity index (χ2v) is 4.18. The fraction of sp³-hybridized carbons (Fsp3) is 0.500. The summed E-state index contributed by atoms with van der Waals surface area (Å²) >= 11 is 0. The number of likely N-dealkylation sites (tertiary alicyclic amines) is 1. The van der Waals surface area contributed by atoms with Crippen LogP contribution in [0.2, 0.25) is 0 Å². The molecule has 0 atom stereocenters. The first-order valence-electron chi connectivity index (χ1n) is 5.40. The van der Waals surface area contributed by atoms with Gasteiger partial charge in [-0.25, -0.2) is 0 Å². The van der Waals surface area contributed by atoms with Gasteiger partial charge < -0.3 is 4.90 Å². The Morgan fingerprint density at radius 3 is 2.80 bits per heavy atom. The predicted molar refractivity (Wildman–Crippen MR) is 58.8 cm³/mol. The number of ketones is 1. The summed E-state index contributed by atoms with van der Waals surface area (Å²) in [6.45, 7) is 2.05. The number of Topliss-reactive ketones (excluding diaryl/α,β-unsaturated/α-hetero) is 1. The van der Waals surface area contributed by atoms with Crippen LogP contribution < -0.4 is 0 Å². The molecule has 0 aromatic carbocycles. The van der Waals surface area contributed by atoms with Crippen molar-refractivity contribution in [3.05, 3.63) is 30.1 Å². The molecule has 1 aromatic heterocycles. The maximum Gasteiger partial charge on any atom is 0.167 e. The van der Waals surface area contributed by atoms with Gasteiger partial charge in [-0.15, -0.1) is 0 Å². The van der Waals surface area contributed by atoms with Crippen molar-refractivity contribution in [1.82, 2.24) is 9.88 Å². The molecule has 0 bridgehead atoms. The van der Waals surface area contributed by atoms with Crippen LogP contribution in [0.3, 0.4) is 0 Å². The van der Waals surface area contributed by atoms with Gasteiger partial charge in [-0.05, 0) is 45.1 Å². The van der Waals surface area contributed by atoms with Crippen LogP contribution in [0.25, 0.3) is 0 Å². The van der Waals surface area contributed by atoms with Crippen molar-refractivity contribution in [3.63, 3.8) is 0 Å². The third kappa shape index (κ3) is 2.42. The Morgan fingerprint density at radius 2 is 2.20 bits per heavy atom. The van der Waals surface area contributed by atoms with E-state index in [2.05, 4.69) is 16.9 Å². The van der Waals surface area contributed by atoms with Crippen molar-refractivity contribution in [3.8, 4) is 0 Å². The summed E-state index contributed by atoms with van der Waals surface area (Å²) in [7, 11) is 2.10. The van der Waals surface area contributed by atoms with Crippen LogP contribution >= 0.6 is 0 Å². The number of carbonyl (C=O) groups is 1. The van der Waals surface area contributed by atoms with E-state index in [-0.39, 0.29) is 11.7 Å². The Labute approximate surface area is 90.1 Å². The molecule has 1 aliphatic rings. The average Bonchev–Trinajstić information content (AvgIpc) is 2.30. The zero-order chi connectivity index (χ0) is 10.7. The van der Waals surface area contributed by atoms with E-state index >= 15 is 0 Å². The Bertz CT molecular complexity index is 329. The Morgan fingerprint density at radius 1 is 1.47 bits per heavy atom. The van der Waals surface area contributed by atoms with Gasteiger partial charge in [0.25, 0.3) is 0 Å². The van der Waals surface area contributed by atoms with E-state index in [1.165, 1.54) is 0 Å². The summed E-state index contributed by atoms with van der Waals surface area (Å²) in [6.07, 6.45) is 5.32. The highest BCUT2D eigenvalue weighted by atomic mass is 16.1. The van der Waals surface area contributed by atoms with Gasteiger partial charge in [-0.2, -0.15) is 0 Å². The third-order valence-corrected chi connectivity index (χ3v) is 3.04. The number of piperidine rings is 1. The number of aromatic nitrogens is 1. The maximum absolute atomic E-state index is 12.0. The van der Waals surface area contributed by atoms with E-state index in [0.29, 0.717) is 0 Å². The minimum Gasteiger partial charge on any atom is -0.306 e. The quantitative estimate of drug-likeness (QED) is 0.686. The molecule has 0 amide bonds. The smallest absolute Gasteiger partial charge is 0.167 e. The van der Waals surface area contributed by atoms with Crippen LogP contribution in [0.5, 0.6) is 0 Å². The van der Waals surface area contributed by atoms with Crippen molar-refractivity contribution in [2.75, 3.05) is 20.1 Å². The molecule has 1 fully saturated rings. The molecule has 1 aliphatic heterocycles. The average molecular weight is 204 g/mol. The fourth-order valence-corrected chi connectivity index (χ4v) is 2.01. The summed E-state index contributed by atoms with van der Waals surface area (Å²) < 4.78 is 0. The van der Waals surface area contributed by atoms with Crippen LogP contribution in [0.15, 0.2) is 24.5 Å². The molecule has 1 aromatic rings. The lowest BCUT2D eigenvalue weighted by Crippen LogP contribution is -2.33. The molecule has 0 spiro atoms. The van der Waals surface area contributed by atoms with Crippen molar-refractivity contribution in [2.24, 2.45) is 5.92 Å². The highest BCUT2D eigenvalue weighted by molar-refractivity contribution is 5.97. The molecule has 2 heterocycles. The van der Waals surface area contributed by atoms with Gasteiger partial charge in [-0.1, -0.05) is 0 Å². The van der Waals surface area contributed by atoms with E-state index in [1.807, 2.05) is 12.1 Å². The number of nitrogens with zero attached hydrogens (tertiary/aromatic N) is 2. The summed E-state index contributed by atoms with van der Waals surface area (Å²) in [6, 6.07) is 3.68. The Balaban J connectivity index is 2.03. The van der Waals surface area contributed by atoms with Gasteiger partial charge in [0.1, 0.15) is 0 Å². The first-order chi connectivity index (χ1) is 7.27. The number of carbonyl (C=O) groups excluding carboxylic acids is 1. The zero-order valence-electron chi connectivity index (χ0n) is 9.02. The van der Waals surface area contributed by atoms with Gasteiger partial charge in [0.15, 0.2) is 5.78 Å². The molecule has 0 N–H and O–H groups in total. The SMILES string of the molecule is CN1CCC(C(=O)c2cccnc2)CC1. The van der Waals surface area contributed by atoms with E-state index in [0.717, 1.165) is 31.5 Å². The molecule has 0 aliphatic carbocycles. The summed E-state index contributed by atoms with van der Waals surface area (Å²) in [5, 5.41) is 0. The summed E-state index contributed by atoms with van der Waals surface area (Å²) in [5.41, 5.74) is 0.757. The molecule has 0 unspecified atom stereocenters. The van der Waals surface area contributed by atoms with Gasteiger partial charge >= 0.3 is 0 Å². The van der Waals surface area contributed by atoms with Crippen LogP contribution in [0, 0.1) is 5.92 Å². The summed E-state index contributed by atoms with van der Waals surface area (Å²) in [4.78, 5) is 18.3. The molecule has 1 saturated heterocycles. The van der Waals surface area contributed by atoms with Crippen LogP contribution in [-0.4, -0.2) is 35.8 Å². The Kier molecular flexibility index (Phi) is 3.11. The predicted octanol–water partition coefficient (Wildman–Crippen LogP) is 1.61. The maximum atomic E-state index is 12.0. The van der Waals surface area contributed by atoms with Crippen molar-refractivity contribution in [1.29, 1.82) is 0 Å². The Hall–Kier alpha value is -1.22. The van der Waals surface area contributed by atoms with Crippen molar-refractivity contribution in [2.45, 2.75) is 12.8 Å². The number of hydrogen-bond acceptors (Lipinski definition) is 3. The van der Waals surface area contributed by atoms with E-state index in [4.69, 9.17) is 0 Å². The fourth-order valence-electron chi connectivity index (χ4n) is 2.01. The number of hydrogen-bond donors (Lipinski definition) is 0. The molecule has 0 saturated carbocycles. The van der Waals surface area contributed by atoms with Crippen LogP contribution in [-0.2, 0) is 0 Å². The number of rotatable bonds is 2. The van der Waals surface area contributed by atoms with E-state index < -0.39 is 0 Å². The second kappa shape index (κ2) is 4.53. The number of pyridine rings is 1. The third-order valence-electron chi connectivity index (χ3n) is 3.04. The van der Waals surface area contributed by atoms with Crippen LogP contribution in [0.4, 0.5) is 0 Å². The molecule has 3 heteroatoms. The highest BCUT2D eigenvalue weighted by Crippen LogP contribution is 2.20. The first-order valence-corrected chi connectivity index (χ1v) is 5.40. The second-order valence-electron chi connectivity index (χ2n) is 4.18.